The van der Waals surface area contributed by atoms with E-state index >= 15 is 0 Å². The van der Waals surface area contributed by atoms with E-state index in [1.165, 1.54) is 14.2 Å². The van der Waals surface area contributed by atoms with Crippen LogP contribution < -0.4 is 0 Å². The predicted octanol–water partition coefficient (Wildman–Crippen LogP) is 1.13. The summed E-state index contributed by atoms with van der Waals surface area (Å²) in [5.41, 5.74) is 0.779. The maximum absolute atomic E-state index is 11.6. The molecule has 4 nitrogen and oxygen atoms in total. The van der Waals surface area contributed by atoms with E-state index < -0.39 is 5.91 Å². The van der Waals surface area contributed by atoms with Crippen LogP contribution in [-0.4, -0.2) is 37.0 Å². The molecule has 0 fully saturated rings. The Morgan fingerprint density at radius 1 is 1.36 bits per heavy atom. The molecule has 1 aliphatic rings. The normalized spacial score (nSPS) is 20.6. The molecule has 0 aromatic carbocycles. The van der Waals surface area contributed by atoms with E-state index in [9.17, 15) is 4.79 Å². The zero-order chi connectivity index (χ0) is 10.9. The van der Waals surface area contributed by atoms with Gasteiger partial charge in [-0.05, 0) is 20.8 Å². The molecule has 14 heavy (non-hydrogen) atoms. The second-order valence-corrected chi connectivity index (χ2v) is 3.62. The maximum Gasteiger partial charge on any atom is 0.278 e. The Labute approximate surface area is 84.5 Å². The van der Waals surface area contributed by atoms with Crippen molar-refractivity contribution in [2.24, 2.45) is 0 Å². The van der Waals surface area contributed by atoms with E-state index in [2.05, 4.69) is 0 Å². The van der Waals surface area contributed by atoms with Gasteiger partial charge in [0, 0.05) is 31.9 Å². The summed E-state index contributed by atoms with van der Waals surface area (Å²) < 4.78 is 10.6. The van der Waals surface area contributed by atoms with Crippen LogP contribution in [0.3, 0.4) is 0 Å². The molecule has 0 bridgehead atoms. The van der Waals surface area contributed by atoms with Crippen LogP contribution in [0.15, 0.2) is 11.6 Å². The summed E-state index contributed by atoms with van der Waals surface area (Å²) in [7, 11) is 3.07. The Morgan fingerprint density at radius 3 is 2.14 bits per heavy atom. The lowest BCUT2D eigenvalue weighted by Gasteiger charge is -2.39. The highest BCUT2D eigenvalue weighted by Crippen LogP contribution is 2.34. The molecule has 0 spiro atoms. The molecule has 0 atom stereocenters. The van der Waals surface area contributed by atoms with Gasteiger partial charge >= 0.3 is 0 Å². The van der Waals surface area contributed by atoms with E-state index in [0.29, 0.717) is 0 Å². The standard InChI is InChI=1S/C10H17NO3/c1-7(2)11-9(12)6-8(3)10(11,13-4)14-5/h6-7H,1-5H3. The largest absolute Gasteiger partial charge is 0.332 e. The van der Waals surface area contributed by atoms with Gasteiger partial charge in [-0.3, -0.25) is 9.69 Å². The fraction of sp³-hybridized carbons (Fsp3) is 0.700. The first-order valence-electron chi connectivity index (χ1n) is 4.62. The topological polar surface area (TPSA) is 38.8 Å². The van der Waals surface area contributed by atoms with Crippen molar-refractivity contribution in [2.45, 2.75) is 32.7 Å². The van der Waals surface area contributed by atoms with Gasteiger partial charge in [0.2, 0.25) is 0 Å². The van der Waals surface area contributed by atoms with E-state index in [-0.39, 0.29) is 11.9 Å². The molecule has 1 rings (SSSR count). The molecule has 0 saturated carbocycles. The Kier molecular flexibility index (Phi) is 2.97. The van der Waals surface area contributed by atoms with Crippen LogP contribution >= 0.6 is 0 Å². The molecule has 0 unspecified atom stereocenters. The molecule has 0 aromatic rings. The van der Waals surface area contributed by atoms with Gasteiger partial charge in [0.05, 0.1) is 0 Å². The lowest BCUT2D eigenvalue weighted by Crippen LogP contribution is -2.54. The van der Waals surface area contributed by atoms with E-state index in [1.54, 1.807) is 11.0 Å². The number of carbonyl (C=O) groups is 1. The second-order valence-electron chi connectivity index (χ2n) is 3.62. The molecular formula is C10H17NO3. The first-order chi connectivity index (χ1) is 6.49. The van der Waals surface area contributed by atoms with Crippen LogP contribution in [0.4, 0.5) is 0 Å². The molecular weight excluding hydrogens is 182 g/mol. The van der Waals surface area contributed by atoms with Crippen LogP contribution in [0.2, 0.25) is 0 Å². The number of nitrogens with zero attached hydrogens (tertiary/aromatic N) is 1. The highest BCUT2D eigenvalue weighted by molar-refractivity contribution is 5.92. The minimum atomic E-state index is -1.01. The van der Waals surface area contributed by atoms with Crippen molar-refractivity contribution in [1.29, 1.82) is 0 Å². The van der Waals surface area contributed by atoms with Crippen LogP contribution in [0.5, 0.6) is 0 Å². The second kappa shape index (κ2) is 3.71. The highest BCUT2D eigenvalue weighted by Gasteiger charge is 2.48. The van der Waals surface area contributed by atoms with Gasteiger partial charge in [0.25, 0.3) is 11.8 Å². The molecule has 0 N–H and O–H groups in total. The first-order valence-corrected chi connectivity index (χ1v) is 4.62. The summed E-state index contributed by atoms with van der Waals surface area (Å²) in [5.74, 6) is -1.08. The molecule has 0 radical (unpaired) electrons. The molecule has 0 saturated heterocycles. The lowest BCUT2D eigenvalue weighted by molar-refractivity contribution is -0.261. The number of hydrogen-bond acceptors (Lipinski definition) is 3. The zero-order valence-corrected chi connectivity index (χ0v) is 9.33. The van der Waals surface area contributed by atoms with Crippen LogP contribution in [-0.2, 0) is 14.3 Å². The minimum absolute atomic E-state index is 0.0381. The number of ether oxygens (including phenoxy) is 2. The third-order valence-corrected chi connectivity index (χ3v) is 2.46. The van der Waals surface area contributed by atoms with E-state index in [1.807, 2.05) is 20.8 Å². The zero-order valence-electron chi connectivity index (χ0n) is 9.33. The van der Waals surface area contributed by atoms with Gasteiger partial charge < -0.3 is 9.47 Å². The molecule has 1 aliphatic heterocycles. The van der Waals surface area contributed by atoms with Gasteiger partial charge in [0.15, 0.2) is 0 Å². The van der Waals surface area contributed by atoms with Crippen molar-refractivity contribution >= 4 is 5.91 Å². The van der Waals surface area contributed by atoms with Gasteiger partial charge in [-0.15, -0.1) is 0 Å². The van der Waals surface area contributed by atoms with Crippen molar-refractivity contribution in [1.82, 2.24) is 4.90 Å². The van der Waals surface area contributed by atoms with Gasteiger partial charge in [-0.2, -0.15) is 0 Å². The predicted molar refractivity (Wildman–Crippen MR) is 52.5 cm³/mol. The van der Waals surface area contributed by atoms with Crippen molar-refractivity contribution in [2.75, 3.05) is 14.2 Å². The Bertz CT molecular complexity index is 267. The monoisotopic (exact) mass is 199 g/mol. The molecule has 1 amide bonds. The molecule has 0 aromatic heterocycles. The van der Waals surface area contributed by atoms with Crippen LogP contribution in [0.1, 0.15) is 20.8 Å². The molecule has 0 aliphatic carbocycles. The Balaban J connectivity index is 3.12. The van der Waals surface area contributed by atoms with Crippen molar-refractivity contribution in [3.05, 3.63) is 11.6 Å². The molecule has 80 valence electrons. The fourth-order valence-corrected chi connectivity index (χ4v) is 1.88. The Morgan fingerprint density at radius 2 is 1.86 bits per heavy atom. The van der Waals surface area contributed by atoms with Crippen LogP contribution in [0, 0.1) is 0 Å². The van der Waals surface area contributed by atoms with Gasteiger partial charge in [-0.25, -0.2) is 0 Å². The summed E-state index contributed by atoms with van der Waals surface area (Å²) in [6.45, 7) is 5.68. The third kappa shape index (κ3) is 1.35. The summed E-state index contributed by atoms with van der Waals surface area (Å²) in [6.07, 6.45) is 1.55. The van der Waals surface area contributed by atoms with Crippen LogP contribution in [0.25, 0.3) is 0 Å². The quantitative estimate of drug-likeness (QED) is 0.639. The minimum Gasteiger partial charge on any atom is -0.332 e. The fourth-order valence-electron chi connectivity index (χ4n) is 1.88. The SMILES string of the molecule is COC1(OC)C(C)=CC(=O)N1C(C)C. The van der Waals surface area contributed by atoms with Gasteiger partial charge in [0.1, 0.15) is 0 Å². The molecule has 1 heterocycles. The number of rotatable bonds is 3. The summed E-state index contributed by atoms with van der Waals surface area (Å²) >= 11 is 0. The maximum atomic E-state index is 11.6. The molecule has 4 heteroatoms. The Hall–Kier alpha value is -0.870. The lowest BCUT2D eigenvalue weighted by atomic mass is 10.2. The van der Waals surface area contributed by atoms with Gasteiger partial charge in [-0.1, -0.05) is 0 Å². The van der Waals surface area contributed by atoms with E-state index in [4.69, 9.17) is 9.47 Å². The first kappa shape index (κ1) is 11.2. The number of hydrogen-bond donors (Lipinski definition) is 0. The third-order valence-electron chi connectivity index (χ3n) is 2.46. The van der Waals surface area contributed by atoms with Crippen molar-refractivity contribution in [3.8, 4) is 0 Å². The van der Waals surface area contributed by atoms with Crippen molar-refractivity contribution < 1.29 is 14.3 Å². The van der Waals surface area contributed by atoms with Crippen molar-refractivity contribution in [3.63, 3.8) is 0 Å². The summed E-state index contributed by atoms with van der Waals surface area (Å²) in [6, 6.07) is 0.0381. The average molecular weight is 199 g/mol. The number of carbonyl (C=O) groups excluding carboxylic acids is 1. The highest BCUT2D eigenvalue weighted by atomic mass is 16.7. The number of methoxy groups -OCH3 is 2. The summed E-state index contributed by atoms with van der Waals surface area (Å²) in [4.78, 5) is 13.2. The smallest absolute Gasteiger partial charge is 0.278 e. The average Bonchev–Trinajstić information content (AvgIpc) is 2.37. The summed E-state index contributed by atoms with van der Waals surface area (Å²) in [5, 5.41) is 0. The van der Waals surface area contributed by atoms with E-state index in [0.717, 1.165) is 5.57 Å². The number of amides is 1.